The van der Waals surface area contributed by atoms with Gasteiger partial charge >= 0.3 is 6.03 Å². The lowest BCUT2D eigenvalue weighted by molar-refractivity contribution is -0.135. The zero-order chi connectivity index (χ0) is 14.0. The first-order chi connectivity index (χ1) is 8.99. The van der Waals surface area contributed by atoms with Crippen LogP contribution in [0.5, 0.6) is 0 Å². The fourth-order valence-electron chi connectivity index (χ4n) is 2.40. The average molecular weight is 267 g/mol. The van der Waals surface area contributed by atoms with Crippen LogP contribution in [0.15, 0.2) is 0 Å². The molecule has 106 valence electrons. The second-order valence-electron chi connectivity index (χ2n) is 5.50. The van der Waals surface area contributed by atoms with E-state index in [1.165, 1.54) is 0 Å². The minimum Gasteiger partial charge on any atom is -0.355 e. The van der Waals surface area contributed by atoms with E-state index in [-0.39, 0.29) is 24.3 Å². The summed E-state index contributed by atoms with van der Waals surface area (Å²) in [6.07, 6.45) is 3.80. The van der Waals surface area contributed by atoms with E-state index < -0.39 is 11.6 Å². The molecule has 0 bridgehead atoms. The molecule has 1 unspecified atom stereocenters. The number of amides is 4. The highest BCUT2D eigenvalue weighted by Crippen LogP contribution is 2.42. The number of unbranched alkanes of at least 4 members (excludes halogenated alkanes) is 1. The molecule has 6 heteroatoms. The molecule has 6 nitrogen and oxygen atoms in total. The molecule has 1 aliphatic heterocycles. The van der Waals surface area contributed by atoms with Gasteiger partial charge in [0, 0.05) is 6.54 Å². The average Bonchev–Trinajstić information content (AvgIpc) is 3.16. The summed E-state index contributed by atoms with van der Waals surface area (Å²) in [5.74, 6) is -0.334. The molecule has 0 radical (unpaired) electrons. The lowest BCUT2D eigenvalue weighted by atomic mass is 9.96. The largest absolute Gasteiger partial charge is 0.355 e. The second-order valence-corrected chi connectivity index (χ2v) is 5.50. The smallest absolute Gasteiger partial charge is 0.325 e. The number of urea groups is 1. The van der Waals surface area contributed by atoms with Gasteiger partial charge in [-0.3, -0.25) is 14.5 Å². The first kappa shape index (κ1) is 13.8. The maximum atomic E-state index is 12.2. The number of hydrogen-bond donors (Lipinski definition) is 2. The second kappa shape index (κ2) is 5.19. The van der Waals surface area contributed by atoms with E-state index in [4.69, 9.17) is 0 Å². The third-order valence-electron chi connectivity index (χ3n) is 3.85. The Bertz CT molecular complexity index is 406. The molecular weight excluding hydrogens is 246 g/mol. The van der Waals surface area contributed by atoms with Crippen molar-refractivity contribution in [1.82, 2.24) is 15.5 Å². The fraction of sp³-hybridized carbons (Fsp3) is 0.769. The molecule has 4 amide bonds. The van der Waals surface area contributed by atoms with Gasteiger partial charge < -0.3 is 10.6 Å². The van der Waals surface area contributed by atoms with Gasteiger partial charge in [-0.2, -0.15) is 0 Å². The predicted octanol–water partition coefficient (Wildman–Crippen LogP) is 0.623. The third-order valence-corrected chi connectivity index (χ3v) is 3.85. The summed E-state index contributed by atoms with van der Waals surface area (Å²) in [6.45, 7) is 4.18. The van der Waals surface area contributed by atoms with Gasteiger partial charge in [-0.1, -0.05) is 13.3 Å². The molecule has 1 atom stereocenters. The molecule has 2 aliphatic rings. The van der Waals surface area contributed by atoms with Gasteiger partial charge in [0.1, 0.15) is 12.1 Å². The lowest BCUT2D eigenvalue weighted by Gasteiger charge is -2.20. The summed E-state index contributed by atoms with van der Waals surface area (Å²) in [4.78, 5) is 36.8. The number of carbonyl (C=O) groups is 3. The lowest BCUT2D eigenvalue weighted by Crippen LogP contribution is -2.47. The van der Waals surface area contributed by atoms with Crippen molar-refractivity contribution in [1.29, 1.82) is 0 Å². The van der Waals surface area contributed by atoms with Crippen LogP contribution in [-0.2, 0) is 9.59 Å². The van der Waals surface area contributed by atoms with Crippen molar-refractivity contribution in [3.8, 4) is 0 Å². The molecule has 2 N–H and O–H groups in total. The van der Waals surface area contributed by atoms with Gasteiger partial charge in [0.15, 0.2) is 0 Å². The molecule has 2 rings (SSSR count). The van der Waals surface area contributed by atoms with Gasteiger partial charge in [-0.15, -0.1) is 0 Å². The van der Waals surface area contributed by atoms with Crippen LogP contribution in [0.4, 0.5) is 4.79 Å². The normalized spacial score (nSPS) is 26.5. The Kier molecular flexibility index (Phi) is 3.78. The van der Waals surface area contributed by atoms with Crippen LogP contribution in [-0.4, -0.2) is 41.4 Å². The highest BCUT2D eigenvalue weighted by molar-refractivity contribution is 6.09. The van der Waals surface area contributed by atoms with Crippen molar-refractivity contribution >= 4 is 17.8 Å². The van der Waals surface area contributed by atoms with Gasteiger partial charge in [-0.25, -0.2) is 4.79 Å². The first-order valence-corrected chi connectivity index (χ1v) is 6.90. The molecule has 0 aromatic heterocycles. The minimum atomic E-state index is -0.805. The van der Waals surface area contributed by atoms with Crippen LogP contribution in [0, 0.1) is 5.92 Å². The van der Waals surface area contributed by atoms with Crippen LogP contribution in [0.2, 0.25) is 0 Å². The molecule has 1 heterocycles. The van der Waals surface area contributed by atoms with Crippen molar-refractivity contribution < 1.29 is 14.4 Å². The van der Waals surface area contributed by atoms with Gasteiger partial charge in [0.05, 0.1) is 0 Å². The number of imide groups is 1. The maximum Gasteiger partial charge on any atom is 0.325 e. The van der Waals surface area contributed by atoms with E-state index in [1.54, 1.807) is 6.92 Å². The van der Waals surface area contributed by atoms with Crippen LogP contribution in [0.25, 0.3) is 0 Å². The van der Waals surface area contributed by atoms with Crippen molar-refractivity contribution in [3.63, 3.8) is 0 Å². The Balaban J connectivity index is 1.91. The topological polar surface area (TPSA) is 78.5 Å². The summed E-state index contributed by atoms with van der Waals surface area (Å²) in [5, 5.41) is 5.43. The molecule has 1 aliphatic carbocycles. The Morgan fingerprint density at radius 2 is 2.16 bits per heavy atom. The third kappa shape index (κ3) is 2.72. The quantitative estimate of drug-likeness (QED) is 0.547. The van der Waals surface area contributed by atoms with E-state index >= 15 is 0 Å². The van der Waals surface area contributed by atoms with Crippen molar-refractivity contribution in [2.24, 2.45) is 5.92 Å². The molecule has 19 heavy (non-hydrogen) atoms. The Labute approximate surface area is 112 Å². The van der Waals surface area contributed by atoms with E-state index in [2.05, 4.69) is 10.6 Å². The van der Waals surface area contributed by atoms with Gasteiger partial charge in [-0.05, 0) is 32.1 Å². The monoisotopic (exact) mass is 267 g/mol. The van der Waals surface area contributed by atoms with Crippen LogP contribution < -0.4 is 10.6 Å². The van der Waals surface area contributed by atoms with Gasteiger partial charge in [0.2, 0.25) is 5.91 Å². The predicted molar refractivity (Wildman–Crippen MR) is 69.3 cm³/mol. The molecule has 0 aromatic carbocycles. The summed E-state index contributed by atoms with van der Waals surface area (Å²) in [6, 6.07) is -0.454. The summed E-state index contributed by atoms with van der Waals surface area (Å²) < 4.78 is 0. The standard InChI is InChI=1S/C13H21N3O3/c1-3-4-7-14-10(17)8-16-11(18)13(2,9-5-6-9)15-12(16)19/h9H,3-8H2,1-2H3,(H,14,17)(H,15,19). The Morgan fingerprint density at radius 3 is 2.74 bits per heavy atom. The highest BCUT2D eigenvalue weighted by atomic mass is 16.2. The molecule has 1 saturated heterocycles. The number of nitrogens with one attached hydrogen (secondary N) is 2. The fourth-order valence-corrected chi connectivity index (χ4v) is 2.40. The minimum absolute atomic E-state index is 0.184. The van der Waals surface area contributed by atoms with Crippen molar-refractivity contribution in [2.45, 2.75) is 45.1 Å². The van der Waals surface area contributed by atoms with E-state index in [0.29, 0.717) is 6.54 Å². The van der Waals surface area contributed by atoms with Crippen molar-refractivity contribution in [3.05, 3.63) is 0 Å². The van der Waals surface area contributed by atoms with E-state index in [1.807, 2.05) is 6.92 Å². The Morgan fingerprint density at radius 1 is 1.47 bits per heavy atom. The Hall–Kier alpha value is -1.59. The number of rotatable bonds is 6. The van der Waals surface area contributed by atoms with E-state index in [9.17, 15) is 14.4 Å². The van der Waals surface area contributed by atoms with Gasteiger partial charge in [0.25, 0.3) is 5.91 Å². The molecular formula is C13H21N3O3. The summed E-state index contributed by atoms with van der Waals surface area (Å²) in [7, 11) is 0. The van der Waals surface area contributed by atoms with Crippen LogP contribution in [0.3, 0.4) is 0 Å². The number of carbonyl (C=O) groups excluding carboxylic acids is 3. The zero-order valence-electron chi connectivity index (χ0n) is 11.5. The zero-order valence-corrected chi connectivity index (χ0v) is 11.5. The number of hydrogen-bond acceptors (Lipinski definition) is 3. The SMILES string of the molecule is CCCCNC(=O)CN1C(=O)NC(C)(C2CC2)C1=O. The number of nitrogens with zero attached hydrogens (tertiary/aromatic N) is 1. The maximum absolute atomic E-state index is 12.2. The molecule has 0 spiro atoms. The first-order valence-electron chi connectivity index (χ1n) is 6.90. The molecule has 2 fully saturated rings. The molecule has 1 saturated carbocycles. The van der Waals surface area contributed by atoms with Crippen LogP contribution in [0.1, 0.15) is 39.5 Å². The van der Waals surface area contributed by atoms with E-state index in [0.717, 1.165) is 30.6 Å². The summed E-state index contributed by atoms with van der Waals surface area (Å²) in [5.41, 5.74) is -0.805. The van der Waals surface area contributed by atoms with Crippen LogP contribution >= 0.6 is 0 Å². The van der Waals surface area contributed by atoms with Crippen molar-refractivity contribution in [2.75, 3.05) is 13.1 Å². The molecule has 0 aromatic rings. The highest BCUT2D eigenvalue weighted by Gasteiger charge is 2.56. The summed E-state index contributed by atoms with van der Waals surface area (Å²) >= 11 is 0.